The van der Waals surface area contributed by atoms with Gasteiger partial charge in [-0.05, 0) is 118 Å². The van der Waals surface area contributed by atoms with E-state index < -0.39 is 6.10 Å². The highest BCUT2D eigenvalue weighted by Crippen LogP contribution is 2.67. The minimum absolute atomic E-state index is 0.157. The average Bonchev–Trinajstić information content (AvgIpc) is 3.29. The molecule has 4 saturated carbocycles. The van der Waals surface area contributed by atoms with E-state index in [0.29, 0.717) is 41.2 Å². The van der Waals surface area contributed by atoms with Crippen LogP contribution in [0.4, 0.5) is 4.39 Å². The lowest BCUT2D eigenvalue weighted by Crippen LogP contribution is -2.58. The lowest BCUT2D eigenvalue weighted by molar-refractivity contribution is -0.160. The van der Waals surface area contributed by atoms with E-state index in [0.717, 1.165) is 82.6 Å². The molecule has 5 rings (SSSR count). The second-order valence-corrected chi connectivity index (χ2v) is 13.7. The fourth-order valence-electron chi connectivity index (χ4n) is 9.91. The highest BCUT2D eigenvalue weighted by atomic mass is 19.1. The van der Waals surface area contributed by atoms with E-state index >= 15 is 4.39 Å². The molecule has 0 heterocycles. The number of ether oxygens (including phenoxy) is 1. The van der Waals surface area contributed by atoms with Crippen LogP contribution in [-0.4, -0.2) is 29.1 Å². The molecule has 4 fully saturated rings. The highest BCUT2D eigenvalue weighted by Gasteiger charge is 2.64. The van der Waals surface area contributed by atoms with Gasteiger partial charge >= 0.3 is 0 Å². The first-order chi connectivity index (χ1) is 18.7. The third kappa shape index (κ3) is 4.98. The fourth-order valence-corrected chi connectivity index (χ4v) is 9.91. The van der Waals surface area contributed by atoms with Crippen molar-refractivity contribution in [2.24, 2.45) is 34.5 Å². The Morgan fingerprint density at radius 2 is 1.82 bits per heavy atom. The van der Waals surface area contributed by atoms with Crippen molar-refractivity contribution in [2.45, 2.75) is 136 Å². The number of halogens is 1. The van der Waals surface area contributed by atoms with Crippen molar-refractivity contribution in [2.75, 3.05) is 0 Å². The summed E-state index contributed by atoms with van der Waals surface area (Å²) in [5.41, 5.74) is 0.962. The molecule has 0 aromatic heterocycles. The molecule has 1 aromatic carbocycles. The van der Waals surface area contributed by atoms with Crippen LogP contribution in [0.25, 0.3) is 0 Å². The second-order valence-electron chi connectivity index (χ2n) is 13.7. The van der Waals surface area contributed by atoms with E-state index in [1.807, 2.05) is 12.1 Å². The lowest BCUT2D eigenvalue weighted by Gasteiger charge is -2.61. The largest absolute Gasteiger partial charge is 0.487 e. The summed E-state index contributed by atoms with van der Waals surface area (Å²) in [6.45, 7) is 11.1. The standard InChI is InChI=1S/C34H52FNO3/c1-6-24(7-2)36-30(8-3)22-9-13-29(35)31(19-22)39-21(4)34-18-16-27-26(28(34)12-14-32(34)38)11-10-23-20-25(37)15-17-33(23,27)5/h9,13,19,21,23-24,26-28,30,32,36,38H,6-8,10-12,14-18,20H2,1-5H3/t21-,23?,26?,27?,28?,30?,32-,33-,34?/m0/s1. The van der Waals surface area contributed by atoms with E-state index in [1.165, 1.54) is 0 Å². The van der Waals surface area contributed by atoms with E-state index in [1.54, 1.807) is 6.07 Å². The smallest absolute Gasteiger partial charge is 0.165 e. The first kappa shape index (κ1) is 29.0. The van der Waals surface area contributed by atoms with Crippen molar-refractivity contribution in [3.05, 3.63) is 29.6 Å². The van der Waals surface area contributed by atoms with E-state index in [-0.39, 0.29) is 28.8 Å². The SMILES string of the molecule is CCC(CC)NC(CC)c1ccc(F)c(O[C@@H](C)C23CCC4C(CCC5CC(=O)CC[C@@]54C)C2CC[C@@H]3O)c1. The summed E-state index contributed by atoms with van der Waals surface area (Å²) in [6, 6.07) is 5.94. The summed E-state index contributed by atoms with van der Waals surface area (Å²) in [6.07, 6.45) is 11.0. The van der Waals surface area contributed by atoms with Crippen LogP contribution < -0.4 is 10.1 Å². The van der Waals surface area contributed by atoms with Gasteiger partial charge in [0.15, 0.2) is 11.6 Å². The molecule has 4 nitrogen and oxygen atoms in total. The van der Waals surface area contributed by atoms with Gasteiger partial charge in [-0.25, -0.2) is 4.39 Å². The number of carbonyl (C=O) groups is 1. The Bertz CT molecular complexity index is 1030. The molecule has 9 atom stereocenters. The predicted molar refractivity (Wildman–Crippen MR) is 154 cm³/mol. The zero-order valence-electron chi connectivity index (χ0n) is 25.0. The Balaban J connectivity index is 1.38. The summed E-state index contributed by atoms with van der Waals surface area (Å²) >= 11 is 0. The zero-order valence-corrected chi connectivity index (χ0v) is 25.0. The maximum Gasteiger partial charge on any atom is 0.165 e. The van der Waals surface area contributed by atoms with Crippen LogP contribution in [0.3, 0.4) is 0 Å². The van der Waals surface area contributed by atoms with Gasteiger partial charge in [0.1, 0.15) is 11.9 Å². The van der Waals surface area contributed by atoms with Gasteiger partial charge in [-0.3, -0.25) is 4.79 Å². The van der Waals surface area contributed by atoms with Crippen molar-refractivity contribution >= 4 is 5.78 Å². The Kier molecular flexibility index (Phi) is 8.51. The normalized spacial score (nSPS) is 37.6. The summed E-state index contributed by atoms with van der Waals surface area (Å²) < 4.78 is 21.8. The topological polar surface area (TPSA) is 58.6 Å². The average molecular weight is 542 g/mol. The maximum absolute atomic E-state index is 15.2. The second kappa shape index (κ2) is 11.4. The van der Waals surface area contributed by atoms with Gasteiger partial charge in [0.2, 0.25) is 0 Å². The molecule has 6 unspecified atom stereocenters. The van der Waals surface area contributed by atoms with Crippen LogP contribution in [0.1, 0.15) is 123 Å². The van der Waals surface area contributed by atoms with Crippen LogP contribution in [0.15, 0.2) is 18.2 Å². The molecule has 0 spiro atoms. The number of carbonyl (C=O) groups excluding carboxylic acids is 1. The lowest BCUT2D eigenvalue weighted by atomic mass is 9.44. The van der Waals surface area contributed by atoms with Crippen LogP contribution in [0.5, 0.6) is 5.75 Å². The number of ketones is 1. The molecule has 0 saturated heterocycles. The van der Waals surface area contributed by atoms with E-state index in [2.05, 4.69) is 39.9 Å². The first-order valence-corrected chi connectivity index (χ1v) is 16.1. The van der Waals surface area contributed by atoms with Gasteiger partial charge in [-0.1, -0.05) is 33.8 Å². The Hall–Kier alpha value is -1.46. The van der Waals surface area contributed by atoms with E-state index in [9.17, 15) is 9.90 Å². The Morgan fingerprint density at radius 3 is 2.54 bits per heavy atom. The van der Waals surface area contributed by atoms with Crippen molar-refractivity contribution < 1.29 is 19.0 Å². The van der Waals surface area contributed by atoms with Gasteiger partial charge in [0, 0.05) is 30.3 Å². The van der Waals surface area contributed by atoms with Crippen molar-refractivity contribution in [1.29, 1.82) is 0 Å². The third-order valence-corrected chi connectivity index (χ3v) is 12.3. The number of fused-ring (bicyclic) bond motifs is 5. The number of aliphatic hydroxyl groups is 1. The van der Waals surface area contributed by atoms with Crippen LogP contribution in [0.2, 0.25) is 0 Å². The zero-order chi connectivity index (χ0) is 27.9. The third-order valence-electron chi connectivity index (χ3n) is 12.3. The molecular weight excluding hydrogens is 489 g/mol. The monoisotopic (exact) mass is 541 g/mol. The van der Waals surface area contributed by atoms with E-state index in [4.69, 9.17) is 4.74 Å². The van der Waals surface area contributed by atoms with Gasteiger partial charge in [0.25, 0.3) is 0 Å². The van der Waals surface area contributed by atoms with Gasteiger partial charge in [-0.2, -0.15) is 0 Å². The van der Waals surface area contributed by atoms with Crippen LogP contribution >= 0.6 is 0 Å². The van der Waals surface area contributed by atoms with Gasteiger partial charge in [-0.15, -0.1) is 0 Å². The maximum atomic E-state index is 15.2. The molecule has 5 heteroatoms. The molecular formula is C34H52FNO3. The van der Waals surface area contributed by atoms with Crippen LogP contribution in [0, 0.1) is 40.3 Å². The number of benzene rings is 1. The quantitative estimate of drug-likeness (QED) is 0.335. The molecule has 0 aliphatic heterocycles. The van der Waals surface area contributed by atoms with Crippen LogP contribution in [-0.2, 0) is 4.79 Å². The van der Waals surface area contributed by atoms with Gasteiger partial charge < -0.3 is 15.2 Å². The number of rotatable bonds is 9. The van der Waals surface area contributed by atoms with Crippen molar-refractivity contribution in [1.82, 2.24) is 5.32 Å². The molecule has 218 valence electrons. The summed E-state index contributed by atoms with van der Waals surface area (Å²) in [4.78, 5) is 12.3. The molecule has 0 radical (unpaired) electrons. The first-order valence-electron chi connectivity index (χ1n) is 16.1. The van der Waals surface area contributed by atoms with Crippen molar-refractivity contribution in [3.63, 3.8) is 0 Å². The minimum atomic E-state index is -0.414. The minimum Gasteiger partial charge on any atom is -0.487 e. The molecule has 2 N–H and O–H groups in total. The molecule has 4 aliphatic rings. The highest BCUT2D eigenvalue weighted by molar-refractivity contribution is 5.79. The number of nitrogens with one attached hydrogen (secondary N) is 1. The molecule has 39 heavy (non-hydrogen) atoms. The molecule has 0 amide bonds. The molecule has 4 aliphatic carbocycles. The summed E-state index contributed by atoms with van der Waals surface area (Å²) in [5.74, 6) is 2.52. The number of hydrogen-bond acceptors (Lipinski definition) is 4. The van der Waals surface area contributed by atoms with Crippen molar-refractivity contribution in [3.8, 4) is 5.75 Å². The predicted octanol–water partition coefficient (Wildman–Crippen LogP) is 7.78. The van der Waals surface area contributed by atoms with Gasteiger partial charge in [0.05, 0.1) is 6.10 Å². The Morgan fingerprint density at radius 1 is 1.05 bits per heavy atom. The summed E-state index contributed by atoms with van der Waals surface area (Å²) in [5, 5.41) is 15.3. The number of aliphatic hydroxyl groups excluding tert-OH is 1. The summed E-state index contributed by atoms with van der Waals surface area (Å²) in [7, 11) is 0. The molecule has 1 aromatic rings. The number of hydrogen-bond donors (Lipinski definition) is 2. The number of Topliss-reactive ketones (excluding diaryl/α,β-unsaturated/α-hetero) is 1. The fraction of sp³-hybridized carbons (Fsp3) is 0.794. The Labute approximate surface area is 235 Å². The molecule has 0 bridgehead atoms.